The van der Waals surface area contributed by atoms with Gasteiger partial charge >= 0.3 is 0 Å². The van der Waals surface area contributed by atoms with Crippen molar-refractivity contribution in [3.8, 4) is 5.75 Å². The third-order valence-corrected chi connectivity index (χ3v) is 4.78. The average Bonchev–Trinajstić information content (AvgIpc) is 2.96. The Morgan fingerprint density at radius 3 is 2.54 bits per heavy atom. The zero-order chi connectivity index (χ0) is 16.8. The number of hydrogen-bond acceptors (Lipinski definition) is 3. The lowest BCUT2D eigenvalue weighted by Crippen LogP contribution is -2.34. The minimum absolute atomic E-state index is 0.0447. The maximum Gasteiger partial charge on any atom is 0.240 e. The lowest BCUT2D eigenvalue weighted by Gasteiger charge is -2.29. The van der Waals surface area contributed by atoms with Crippen LogP contribution in [-0.4, -0.2) is 23.2 Å². The van der Waals surface area contributed by atoms with Crippen molar-refractivity contribution < 1.29 is 9.53 Å². The fourth-order valence-corrected chi connectivity index (χ4v) is 3.55. The van der Waals surface area contributed by atoms with Gasteiger partial charge < -0.3 is 4.74 Å². The summed E-state index contributed by atoms with van der Waals surface area (Å²) in [4.78, 5) is 12.2. The van der Waals surface area contributed by atoms with E-state index in [1.165, 1.54) is 5.56 Å². The second-order valence-corrected chi connectivity index (χ2v) is 6.62. The first-order chi connectivity index (χ1) is 11.5. The van der Waals surface area contributed by atoms with E-state index in [1.54, 1.807) is 11.9 Å². The Labute approximate surface area is 141 Å². The van der Waals surface area contributed by atoms with Crippen LogP contribution in [0, 0.1) is 19.8 Å². The Kier molecular flexibility index (Phi) is 3.41. The van der Waals surface area contributed by atoms with Gasteiger partial charge in [0.15, 0.2) is 0 Å². The maximum atomic E-state index is 12.2. The lowest BCUT2D eigenvalue weighted by molar-refractivity contribution is -0.131. The number of carbonyl (C=O) groups excluding carboxylic acids is 1. The van der Waals surface area contributed by atoms with Gasteiger partial charge in [0.2, 0.25) is 5.91 Å². The summed E-state index contributed by atoms with van der Waals surface area (Å²) >= 11 is 0. The molecule has 24 heavy (non-hydrogen) atoms. The Morgan fingerprint density at radius 2 is 1.83 bits per heavy atom. The second-order valence-electron chi connectivity index (χ2n) is 6.62. The zero-order valence-electron chi connectivity index (χ0n) is 14.1. The highest BCUT2D eigenvalue weighted by Gasteiger charge is 2.44. The minimum Gasteiger partial charge on any atom is -0.492 e. The van der Waals surface area contributed by atoms with Gasteiger partial charge in [0.05, 0.1) is 24.3 Å². The highest BCUT2D eigenvalue weighted by atomic mass is 16.5. The Balaban J connectivity index is 1.81. The van der Waals surface area contributed by atoms with Crippen LogP contribution in [0.15, 0.2) is 47.6 Å². The van der Waals surface area contributed by atoms with Gasteiger partial charge in [-0.1, -0.05) is 41.5 Å². The van der Waals surface area contributed by atoms with E-state index in [9.17, 15) is 4.79 Å². The molecule has 0 saturated heterocycles. The molecule has 0 aliphatic carbocycles. The molecular weight excluding hydrogens is 300 g/mol. The fraction of sp³-hybridized carbons (Fsp3) is 0.300. The summed E-state index contributed by atoms with van der Waals surface area (Å²) in [7, 11) is 0. The van der Waals surface area contributed by atoms with E-state index in [0.717, 1.165) is 28.2 Å². The topological polar surface area (TPSA) is 41.9 Å². The Hall–Kier alpha value is -2.62. The molecule has 0 saturated carbocycles. The summed E-state index contributed by atoms with van der Waals surface area (Å²) in [6, 6.07) is 14.3. The highest BCUT2D eigenvalue weighted by Crippen LogP contribution is 2.42. The maximum absolute atomic E-state index is 12.2. The molecule has 2 aromatic carbocycles. The molecule has 0 N–H and O–H groups in total. The van der Waals surface area contributed by atoms with Gasteiger partial charge in [-0.25, -0.2) is 5.01 Å². The van der Waals surface area contributed by atoms with Crippen molar-refractivity contribution >= 4 is 11.6 Å². The molecule has 0 unspecified atom stereocenters. The molecule has 2 aliphatic heterocycles. The van der Waals surface area contributed by atoms with E-state index < -0.39 is 0 Å². The Bertz CT molecular complexity index is 839. The molecule has 4 heteroatoms. The van der Waals surface area contributed by atoms with Gasteiger partial charge in [-0.2, -0.15) is 5.10 Å². The number of amides is 1. The number of nitrogens with zero attached hydrogens (tertiary/aromatic N) is 2. The molecule has 4 nitrogen and oxygen atoms in total. The number of hydrazone groups is 1. The molecule has 1 amide bonds. The van der Waals surface area contributed by atoms with Crippen molar-refractivity contribution in [3.63, 3.8) is 0 Å². The van der Waals surface area contributed by atoms with Crippen LogP contribution in [-0.2, 0) is 4.79 Å². The summed E-state index contributed by atoms with van der Waals surface area (Å²) in [6.07, 6.45) is 0. The summed E-state index contributed by atoms with van der Waals surface area (Å²) in [5, 5.41) is 6.31. The first kappa shape index (κ1) is 14.9. The number of hydrogen-bond donors (Lipinski definition) is 0. The van der Waals surface area contributed by atoms with Crippen molar-refractivity contribution in [3.05, 3.63) is 64.7 Å². The predicted molar refractivity (Wildman–Crippen MR) is 93.1 cm³/mol. The molecule has 2 atom stereocenters. The molecule has 0 bridgehead atoms. The van der Waals surface area contributed by atoms with Crippen molar-refractivity contribution in [2.45, 2.75) is 26.8 Å². The van der Waals surface area contributed by atoms with E-state index >= 15 is 0 Å². The van der Waals surface area contributed by atoms with Crippen molar-refractivity contribution in [2.75, 3.05) is 6.61 Å². The molecular formula is C20H20N2O2. The number of rotatable bonds is 1. The average molecular weight is 320 g/mol. The van der Waals surface area contributed by atoms with Gasteiger partial charge in [0.25, 0.3) is 0 Å². The first-order valence-electron chi connectivity index (χ1n) is 8.23. The number of carbonyl (C=O) groups is 1. The lowest BCUT2D eigenvalue weighted by atomic mass is 9.85. The summed E-state index contributed by atoms with van der Waals surface area (Å²) in [5.41, 5.74) is 5.43. The standard InChI is InChI=1S/C20H20N2O2/c1-12-4-7-15(8-5-12)20-17-11-24-18-9-6-13(2)10-16(18)19(17)21-22(20)14(3)23/h4-10,17,20H,11H2,1-3H3/t17-,20-/m0/s1. The molecule has 4 rings (SSSR count). The van der Waals surface area contributed by atoms with Crippen LogP contribution in [0.25, 0.3) is 0 Å². The van der Waals surface area contributed by atoms with Crippen LogP contribution >= 0.6 is 0 Å². The summed E-state index contributed by atoms with van der Waals surface area (Å²) in [5.74, 6) is 0.867. The summed E-state index contributed by atoms with van der Waals surface area (Å²) in [6.45, 7) is 6.23. The number of benzene rings is 2. The third-order valence-electron chi connectivity index (χ3n) is 4.78. The molecule has 0 aromatic heterocycles. The van der Waals surface area contributed by atoms with Gasteiger partial charge in [-0.3, -0.25) is 4.79 Å². The molecule has 122 valence electrons. The SMILES string of the molecule is CC(=O)N1N=C2c3cc(C)ccc3OC[C@@H]2[C@@H]1c1ccc(C)cc1. The van der Waals surface area contributed by atoms with Gasteiger partial charge in [-0.15, -0.1) is 0 Å². The number of ether oxygens (including phenoxy) is 1. The zero-order valence-corrected chi connectivity index (χ0v) is 14.1. The van der Waals surface area contributed by atoms with Crippen LogP contribution < -0.4 is 4.74 Å². The predicted octanol–water partition coefficient (Wildman–Crippen LogP) is 3.62. The third kappa shape index (κ3) is 2.30. The van der Waals surface area contributed by atoms with Crippen LogP contribution in [0.2, 0.25) is 0 Å². The second kappa shape index (κ2) is 5.48. The van der Waals surface area contributed by atoms with Crippen LogP contribution in [0.4, 0.5) is 0 Å². The van der Waals surface area contributed by atoms with Gasteiger partial charge in [0, 0.05) is 12.5 Å². The van der Waals surface area contributed by atoms with Gasteiger partial charge in [0.1, 0.15) is 5.75 Å². The molecule has 2 heterocycles. The van der Waals surface area contributed by atoms with Crippen LogP contribution in [0.3, 0.4) is 0 Å². The van der Waals surface area contributed by atoms with Crippen LogP contribution in [0.1, 0.15) is 35.2 Å². The quantitative estimate of drug-likeness (QED) is 0.805. The van der Waals surface area contributed by atoms with Gasteiger partial charge in [-0.05, 0) is 31.5 Å². The molecule has 0 spiro atoms. The van der Waals surface area contributed by atoms with E-state index in [4.69, 9.17) is 9.84 Å². The summed E-state index contributed by atoms with van der Waals surface area (Å²) < 4.78 is 5.98. The molecule has 0 radical (unpaired) electrons. The van der Waals surface area contributed by atoms with Crippen molar-refractivity contribution in [1.29, 1.82) is 0 Å². The largest absolute Gasteiger partial charge is 0.492 e. The number of aryl methyl sites for hydroxylation is 2. The molecule has 2 aromatic rings. The first-order valence-corrected chi connectivity index (χ1v) is 8.23. The van der Waals surface area contributed by atoms with E-state index in [1.807, 2.05) is 12.1 Å². The molecule has 2 aliphatic rings. The monoisotopic (exact) mass is 320 g/mol. The normalized spacial score (nSPS) is 21.6. The van der Waals surface area contributed by atoms with Crippen molar-refractivity contribution in [1.82, 2.24) is 5.01 Å². The van der Waals surface area contributed by atoms with Crippen LogP contribution in [0.5, 0.6) is 5.75 Å². The Morgan fingerprint density at radius 1 is 1.12 bits per heavy atom. The van der Waals surface area contributed by atoms with E-state index in [2.05, 4.69) is 44.2 Å². The number of fused-ring (bicyclic) bond motifs is 3. The molecule has 0 fully saturated rings. The fourth-order valence-electron chi connectivity index (χ4n) is 3.55. The smallest absolute Gasteiger partial charge is 0.240 e. The highest BCUT2D eigenvalue weighted by molar-refractivity contribution is 6.07. The van der Waals surface area contributed by atoms with E-state index in [0.29, 0.717) is 6.61 Å². The minimum atomic E-state index is -0.105. The van der Waals surface area contributed by atoms with E-state index in [-0.39, 0.29) is 17.9 Å². The van der Waals surface area contributed by atoms with Crippen molar-refractivity contribution in [2.24, 2.45) is 11.0 Å².